The molecule has 6 nitrogen and oxygen atoms in total. The van der Waals surface area contributed by atoms with Gasteiger partial charge in [0.1, 0.15) is 6.04 Å². The highest BCUT2D eigenvalue weighted by molar-refractivity contribution is 5.88. The minimum atomic E-state index is -4.52. The third-order valence-corrected chi connectivity index (χ3v) is 3.61. The Morgan fingerprint density at radius 1 is 1.27 bits per heavy atom. The summed E-state index contributed by atoms with van der Waals surface area (Å²) in [6.45, 7) is 3.34. The number of primary amides is 1. The van der Waals surface area contributed by atoms with E-state index in [2.05, 4.69) is 5.32 Å². The number of alkyl halides is 3. The van der Waals surface area contributed by atoms with Crippen molar-refractivity contribution in [3.8, 4) is 0 Å². The third kappa shape index (κ3) is 6.73. The first kappa shape index (κ1) is 21.5. The number of benzene rings is 1. The number of hydrogen-bond donors (Lipinski definition) is 2. The molecule has 144 valence electrons. The molecule has 0 spiro atoms. The normalized spacial score (nSPS) is 13.6. The first-order valence-corrected chi connectivity index (χ1v) is 7.95. The van der Waals surface area contributed by atoms with Gasteiger partial charge in [-0.3, -0.25) is 14.4 Å². The number of nitrogens with one attached hydrogen (secondary N) is 1. The van der Waals surface area contributed by atoms with Gasteiger partial charge in [0, 0.05) is 0 Å². The van der Waals surface area contributed by atoms with Crippen molar-refractivity contribution in [1.29, 1.82) is 0 Å². The van der Waals surface area contributed by atoms with Crippen molar-refractivity contribution in [2.75, 3.05) is 6.61 Å². The highest BCUT2D eigenvalue weighted by Crippen LogP contribution is 2.29. The van der Waals surface area contributed by atoms with E-state index < -0.39 is 41.5 Å². The van der Waals surface area contributed by atoms with Crippen LogP contribution in [0.4, 0.5) is 13.2 Å². The average Bonchev–Trinajstić information content (AvgIpc) is 2.51. The van der Waals surface area contributed by atoms with E-state index in [9.17, 15) is 27.6 Å². The summed E-state index contributed by atoms with van der Waals surface area (Å²) >= 11 is 0. The quantitative estimate of drug-likeness (QED) is 0.678. The lowest BCUT2D eigenvalue weighted by Crippen LogP contribution is -2.49. The van der Waals surface area contributed by atoms with Gasteiger partial charge >= 0.3 is 12.1 Å². The average molecular weight is 374 g/mol. The number of halogens is 3. The highest BCUT2D eigenvalue weighted by Gasteiger charge is 2.31. The van der Waals surface area contributed by atoms with Gasteiger partial charge in [0.15, 0.2) is 0 Å². The molecular formula is C17H21F3N2O4. The van der Waals surface area contributed by atoms with Crippen LogP contribution in [0.5, 0.6) is 0 Å². The number of rotatable bonds is 8. The standard InChI is InChI=1S/C17H21F3N2O4/c1-3-26-14(24)7-10(2)15(16(21)25)22-13(23)9-11-5-4-6-12(8-11)17(18,19)20/h4-6,8,10,15H,3,7,9H2,1-2H3,(H2,21,25)(H,22,23)/t10-,15-/m1/s1. The maximum Gasteiger partial charge on any atom is 0.416 e. The molecule has 3 N–H and O–H groups in total. The van der Waals surface area contributed by atoms with Gasteiger partial charge in [0.2, 0.25) is 11.8 Å². The summed E-state index contributed by atoms with van der Waals surface area (Å²) in [5.41, 5.74) is 4.52. The van der Waals surface area contributed by atoms with Gasteiger partial charge in [-0.05, 0) is 24.5 Å². The van der Waals surface area contributed by atoms with Crippen molar-refractivity contribution < 1.29 is 32.3 Å². The van der Waals surface area contributed by atoms with Crippen molar-refractivity contribution in [3.63, 3.8) is 0 Å². The molecule has 1 rings (SSSR count). The number of ether oxygens (including phenoxy) is 1. The van der Waals surface area contributed by atoms with Gasteiger partial charge in [-0.1, -0.05) is 25.1 Å². The summed E-state index contributed by atoms with van der Waals surface area (Å²) in [5, 5.41) is 2.37. The number of carbonyl (C=O) groups excluding carboxylic acids is 3. The van der Waals surface area contributed by atoms with Crippen molar-refractivity contribution in [1.82, 2.24) is 5.32 Å². The second-order valence-corrected chi connectivity index (χ2v) is 5.81. The smallest absolute Gasteiger partial charge is 0.416 e. The second kappa shape index (κ2) is 9.21. The van der Waals surface area contributed by atoms with Crippen molar-refractivity contribution in [3.05, 3.63) is 35.4 Å². The maximum atomic E-state index is 12.7. The van der Waals surface area contributed by atoms with E-state index in [0.29, 0.717) is 0 Å². The molecule has 0 fully saturated rings. The molecule has 0 heterocycles. The number of nitrogens with two attached hydrogens (primary N) is 1. The Bertz CT molecular complexity index is 662. The van der Waals surface area contributed by atoms with Crippen LogP contribution in [-0.2, 0) is 31.7 Å². The Morgan fingerprint density at radius 2 is 1.92 bits per heavy atom. The van der Waals surface area contributed by atoms with Gasteiger partial charge < -0.3 is 15.8 Å². The summed E-state index contributed by atoms with van der Waals surface area (Å²) in [6.07, 6.45) is -5.01. The van der Waals surface area contributed by atoms with E-state index in [0.717, 1.165) is 12.1 Å². The van der Waals surface area contributed by atoms with Gasteiger partial charge in [0.25, 0.3) is 0 Å². The lowest BCUT2D eigenvalue weighted by atomic mass is 9.97. The Balaban J connectivity index is 2.76. The van der Waals surface area contributed by atoms with E-state index in [1.165, 1.54) is 19.1 Å². The van der Waals surface area contributed by atoms with Crippen LogP contribution in [0.1, 0.15) is 31.4 Å². The molecule has 9 heteroatoms. The van der Waals surface area contributed by atoms with Crippen LogP contribution < -0.4 is 11.1 Å². The molecule has 0 radical (unpaired) electrons. The van der Waals surface area contributed by atoms with E-state index in [1.807, 2.05) is 0 Å². The van der Waals surface area contributed by atoms with Crippen LogP contribution in [0.3, 0.4) is 0 Å². The van der Waals surface area contributed by atoms with Crippen LogP contribution >= 0.6 is 0 Å². The highest BCUT2D eigenvalue weighted by atomic mass is 19.4. The number of amides is 2. The summed E-state index contributed by atoms with van der Waals surface area (Å²) in [5.74, 6) is -2.70. The molecule has 1 aromatic carbocycles. The largest absolute Gasteiger partial charge is 0.466 e. The summed E-state index contributed by atoms with van der Waals surface area (Å²) in [6, 6.07) is 3.18. The fraction of sp³-hybridized carbons (Fsp3) is 0.471. The minimum Gasteiger partial charge on any atom is -0.466 e. The first-order chi connectivity index (χ1) is 12.0. The van der Waals surface area contributed by atoms with E-state index in [1.54, 1.807) is 6.92 Å². The fourth-order valence-corrected chi connectivity index (χ4v) is 2.36. The molecule has 0 aromatic heterocycles. The molecule has 0 unspecified atom stereocenters. The van der Waals surface area contributed by atoms with Crippen LogP contribution in [0, 0.1) is 5.92 Å². The Kier molecular flexibility index (Phi) is 7.60. The SMILES string of the molecule is CCOC(=O)C[C@@H](C)[C@@H](NC(=O)Cc1cccc(C(F)(F)F)c1)C(N)=O. The molecule has 0 saturated carbocycles. The molecule has 1 aromatic rings. The monoisotopic (exact) mass is 374 g/mol. The Morgan fingerprint density at radius 3 is 2.46 bits per heavy atom. The zero-order valence-electron chi connectivity index (χ0n) is 14.4. The summed E-state index contributed by atoms with van der Waals surface area (Å²) in [7, 11) is 0. The fourth-order valence-electron chi connectivity index (χ4n) is 2.36. The third-order valence-electron chi connectivity index (χ3n) is 3.61. The molecular weight excluding hydrogens is 353 g/mol. The van der Waals surface area contributed by atoms with Crippen LogP contribution in [0.15, 0.2) is 24.3 Å². The molecule has 0 saturated heterocycles. The molecule has 2 atom stereocenters. The zero-order chi connectivity index (χ0) is 19.9. The van der Waals surface area contributed by atoms with Gasteiger partial charge in [0.05, 0.1) is 25.0 Å². The Hall–Kier alpha value is -2.58. The van der Waals surface area contributed by atoms with Crippen LogP contribution in [-0.4, -0.2) is 30.4 Å². The lowest BCUT2D eigenvalue weighted by Gasteiger charge is -2.21. The Labute approximate surface area is 148 Å². The molecule has 26 heavy (non-hydrogen) atoms. The molecule has 0 bridgehead atoms. The number of hydrogen-bond acceptors (Lipinski definition) is 4. The molecule has 2 amide bonds. The molecule has 0 aliphatic carbocycles. The minimum absolute atomic E-state index is 0.134. The number of esters is 1. The first-order valence-electron chi connectivity index (χ1n) is 7.95. The van der Waals surface area contributed by atoms with Gasteiger partial charge in [-0.25, -0.2) is 0 Å². The summed E-state index contributed by atoms with van der Waals surface area (Å²) < 4.78 is 42.9. The summed E-state index contributed by atoms with van der Waals surface area (Å²) in [4.78, 5) is 35.1. The molecule has 0 aliphatic heterocycles. The maximum absolute atomic E-state index is 12.7. The van der Waals surface area contributed by atoms with E-state index in [-0.39, 0.29) is 25.0 Å². The number of carbonyl (C=O) groups is 3. The van der Waals surface area contributed by atoms with E-state index >= 15 is 0 Å². The topological polar surface area (TPSA) is 98.5 Å². The van der Waals surface area contributed by atoms with Crippen LogP contribution in [0.25, 0.3) is 0 Å². The predicted molar refractivity (Wildman–Crippen MR) is 86.7 cm³/mol. The van der Waals surface area contributed by atoms with E-state index in [4.69, 9.17) is 10.5 Å². The predicted octanol–water partition coefficient (Wildman–Crippen LogP) is 1.81. The zero-order valence-corrected chi connectivity index (χ0v) is 14.4. The lowest BCUT2D eigenvalue weighted by molar-refractivity contribution is -0.145. The van der Waals surface area contributed by atoms with Gasteiger partial charge in [-0.2, -0.15) is 13.2 Å². The van der Waals surface area contributed by atoms with Gasteiger partial charge in [-0.15, -0.1) is 0 Å². The molecule has 0 aliphatic rings. The van der Waals surface area contributed by atoms with Crippen molar-refractivity contribution >= 4 is 17.8 Å². The van der Waals surface area contributed by atoms with Crippen LogP contribution in [0.2, 0.25) is 0 Å². The second-order valence-electron chi connectivity index (χ2n) is 5.81. The van der Waals surface area contributed by atoms with Crippen molar-refractivity contribution in [2.45, 2.75) is 38.9 Å². The van der Waals surface area contributed by atoms with Crippen molar-refractivity contribution in [2.24, 2.45) is 11.7 Å².